The fraction of sp³-hybridized carbons (Fsp3) is 0.308. The van der Waals surface area contributed by atoms with E-state index < -0.39 is 5.60 Å². The van der Waals surface area contributed by atoms with Crippen molar-refractivity contribution in [3.05, 3.63) is 42.0 Å². The molecule has 1 spiro atoms. The molecule has 82 valence electrons. The smallest absolute Gasteiger partial charge is 0.334 e. The molecule has 0 saturated carbocycles. The van der Waals surface area contributed by atoms with Crippen LogP contribution in [0.25, 0.3) is 0 Å². The van der Waals surface area contributed by atoms with Crippen molar-refractivity contribution in [2.75, 3.05) is 6.61 Å². The van der Waals surface area contributed by atoms with Crippen LogP contribution in [0, 0.1) is 0 Å². The van der Waals surface area contributed by atoms with E-state index in [9.17, 15) is 4.79 Å². The fourth-order valence-electron chi connectivity index (χ4n) is 2.42. The van der Waals surface area contributed by atoms with E-state index in [2.05, 4.69) is 6.58 Å². The van der Waals surface area contributed by atoms with Crippen molar-refractivity contribution in [1.29, 1.82) is 0 Å². The summed E-state index contributed by atoms with van der Waals surface area (Å²) in [4.78, 5) is 11.5. The third-order valence-electron chi connectivity index (χ3n) is 3.22. The molecule has 16 heavy (non-hydrogen) atoms. The second-order valence-corrected chi connectivity index (χ2v) is 4.26. The largest absolute Gasteiger partial charge is 0.493 e. The van der Waals surface area contributed by atoms with Crippen LogP contribution in [0.3, 0.4) is 0 Å². The van der Waals surface area contributed by atoms with E-state index in [1.807, 2.05) is 24.3 Å². The molecule has 1 atom stereocenters. The molecular weight excluding hydrogens is 204 g/mol. The summed E-state index contributed by atoms with van der Waals surface area (Å²) in [6.07, 6.45) is 1.28. The molecule has 3 rings (SSSR count). The first-order chi connectivity index (χ1) is 7.71. The number of para-hydroxylation sites is 1. The minimum Gasteiger partial charge on any atom is -0.493 e. The summed E-state index contributed by atoms with van der Waals surface area (Å²) < 4.78 is 11.1. The second-order valence-electron chi connectivity index (χ2n) is 4.26. The van der Waals surface area contributed by atoms with Gasteiger partial charge in [-0.1, -0.05) is 24.8 Å². The molecule has 0 bridgehead atoms. The maximum absolute atomic E-state index is 11.5. The summed E-state index contributed by atoms with van der Waals surface area (Å²) in [5.41, 5.74) is 0.994. The first-order valence-corrected chi connectivity index (χ1v) is 5.35. The highest BCUT2D eigenvalue weighted by molar-refractivity contribution is 5.90. The summed E-state index contributed by atoms with van der Waals surface area (Å²) in [7, 11) is 0. The number of esters is 1. The topological polar surface area (TPSA) is 35.5 Å². The maximum Gasteiger partial charge on any atom is 0.334 e. The number of hydrogen-bond donors (Lipinski definition) is 0. The molecule has 2 aliphatic rings. The highest BCUT2D eigenvalue weighted by Gasteiger charge is 2.47. The lowest BCUT2D eigenvalue weighted by atomic mass is 9.85. The average Bonchev–Trinajstić information content (AvgIpc) is 2.56. The van der Waals surface area contributed by atoms with Gasteiger partial charge in [0, 0.05) is 24.0 Å². The first kappa shape index (κ1) is 9.46. The SMILES string of the molecule is C=C1C[C@@]2(CCOc3ccccc32)OC1=O. The third kappa shape index (κ3) is 1.18. The highest BCUT2D eigenvalue weighted by Crippen LogP contribution is 2.47. The van der Waals surface area contributed by atoms with Gasteiger partial charge in [-0.15, -0.1) is 0 Å². The predicted octanol–water partition coefficient (Wildman–Crippen LogP) is 2.17. The Bertz CT molecular complexity index is 460. The van der Waals surface area contributed by atoms with Crippen molar-refractivity contribution in [2.45, 2.75) is 18.4 Å². The van der Waals surface area contributed by atoms with Gasteiger partial charge in [0.05, 0.1) is 6.61 Å². The summed E-state index contributed by atoms with van der Waals surface area (Å²) in [6.45, 7) is 4.32. The Kier molecular flexibility index (Phi) is 1.84. The maximum atomic E-state index is 11.5. The standard InChI is InChI=1S/C13H12O3/c1-9-8-13(16-12(9)14)6-7-15-11-5-3-2-4-10(11)13/h2-5H,1,6-8H2/t13-/m1/s1. The average molecular weight is 216 g/mol. The van der Waals surface area contributed by atoms with Crippen molar-refractivity contribution in [1.82, 2.24) is 0 Å². The van der Waals surface area contributed by atoms with Gasteiger partial charge in [0.25, 0.3) is 0 Å². The number of hydrogen-bond acceptors (Lipinski definition) is 3. The number of carbonyl (C=O) groups is 1. The van der Waals surface area contributed by atoms with Gasteiger partial charge < -0.3 is 9.47 Å². The minimum absolute atomic E-state index is 0.281. The van der Waals surface area contributed by atoms with Crippen molar-refractivity contribution in [3.8, 4) is 5.75 Å². The molecule has 0 N–H and O–H groups in total. The zero-order valence-corrected chi connectivity index (χ0v) is 8.86. The lowest BCUT2D eigenvalue weighted by Gasteiger charge is -2.33. The summed E-state index contributed by atoms with van der Waals surface area (Å²) in [5, 5.41) is 0. The van der Waals surface area contributed by atoms with Crippen LogP contribution in [0.4, 0.5) is 0 Å². The Morgan fingerprint density at radius 1 is 1.31 bits per heavy atom. The summed E-state index contributed by atoms with van der Waals surface area (Å²) in [6, 6.07) is 7.72. The van der Waals surface area contributed by atoms with E-state index in [-0.39, 0.29) is 5.97 Å². The van der Waals surface area contributed by atoms with Crippen molar-refractivity contribution in [2.24, 2.45) is 0 Å². The number of benzene rings is 1. The van der Waals surface area contributed by atoms with Crippen LogP contribution in [0.15, 0.2) is 36.4 Å². The molecule has 2 heterocycles. The van der Waals surface area contributed by atoms with Gasteiger partial charge in [-0.3, -0.25) is 0 Å². The Morgan fingerprint density at radius 2 is 2.12 bits per heavy atom. The van der Waals surface area contributed by atoms with Crippen LogP contribution < -0.4 is 4.74 Å². The highest BCUT2D eigenvalue weighted by atomic mass is 16.6. The van der Waals surface area contributed by atoms with Crippen LogP contribution in [-0.2, 0) is 15.1 Å². The summed E-state index contributed by atoms with van der Waals surface area (Å²) >= 11 is 0. The number of rotatable bonds is 0. The van der Waals surface area contributed by atoms with E-state index in [0.29, 0.717) is 25.0 Å². The molecule has 0 aliphatic carbocycles. The lowest BCUT2D eigenvalue weighted by molar-refractivity contribution is -0.149. The molecule has 1 fully saturated rings. The van der Waals surface area contributed by atoms with Crippen LogP contribution in [0.1, 0.15) is 18.4 Å². The zero-order valence-electron chi connectivity index (χ0n) is 8.86. The Labute approximate surface area is 93.7 Å². The van der Waals surface area contributed by atoms with Crippen molar-refractivity contribution >= 4 is 5.97 Å². The van der Waals surface area contributed by atoms with Gasteiger partial charge >= 0.3 is 5.97 Å². The van der Waals surface area contributed by atoms with Gasteiger partial charge in [-0.2, -0.15) is 0 Å². The monoisotopic (exact) mass is 216 g/mol. The van der Waals surface area contributed by atoms with Crippen molar-refractivity contribution < 1.29 is 14.3 Å². The normalized spacial score (nSPS) is 27.5. The molecule has 1 aromatic rings. The van der Waals surface area contributed by atoms with E-state index in [1.54, 1.807) is 0 Å². The zero-order chi connectivity index (χ0) is 11.2. The predicted molar refractivity (Wildman–Crippen MR) is 58.1 cm³/mol. The van der Waals surface area contributed by atoms with E-state index >= 15 is 0 Å². The van der Waals surface area contributed by atoms with Gasteiger partial charge in [-0.05, 0) is 6.07 Å². The van der Waals surface area contributed by atoms with E-state index in [4.69, 9.17) is 9.47 Å². The Hall–Kier alpha value is -1.77. The minimum atomic E-state index is -0.525. The Balaban J connectivity index is 2.11. The fourth-order valence-corrected chi connectivity index (χ4v) is 2.42. The van der Waals surface area contributed by atoms with Gasteiger partial charge in [0.15, 0.2) is 0 Å². The molecule has 1 saturated heterocycles. The molecular formula is C13H12O3. The number of ether oxygens (including phenoxy) is 2. The second kappa shape index (κ2) is 3.11. The molecule has 0 unspecified atom stereocenters. The number of carbonyl (C=O) groups excluding carboxylic acids is 1. The van der Waals surface area contributed by atoms with Crippen molar-refractivity contribution in [3.63, 3.8) is 0 Å². The lowest BCUT2D eigenvalue weighted by Crippen LogP contribution is -2.32. The molecule has 0 aromatic heterocycles. The molecule has 3 nitrogen and oxygen atoms in total. The van der Waals surface area contributed by atoms with Gasteiger partial charge in [0.2, 0.25) is 0 Å². The molecule has 2 aliphatic heterocycles. The van der Waals surface area contributed by atoms with Crippen LogP contribution in [-0.4, -0.2) is 12.6 Å². The third-order valence-corrected chi connectivity index (χ3v) is 3.22. The van der Waals surface area contributed by atoms with E-state index in [0.717, 1.165) is 11.3 Å². The summed E-state index contributed by atoms with van der Waals surface area (Å²) in [5.74, 6) is 0.535. The Morgan fingerprint density at radius 3 is 2.88 bits per heavy atom. The van der Waals surface area contributed by atoms with Gasteiger partial charge in [-0.25, -0.2) is 4.79 Å². The first-order valence-electron chi connectivity index (χ1n) is 5.35. The van der Waals surface area contributed by atoms with Crippen LogP contribution in [0.5, 0.6) is 5.75 Å². The van der Waals surface area contributed by atoms with Crippen LogP contribution in [0.2, 0.25) is 0 Å². The quantitative estimate of drug-likeness (QED) is 0.492. The van der Waals surface area contributed by atoms with Crippen LogP contribution >= 0.6 is 0 Å². The molecule has 3 heteroatoms. The van der Waals surface area contributed by atoms with Gasteiger partial charge in [0.1, 0.15) is 11.4 Å². The van der Waals surface area contributed by atoms with E-state index in [1.165, 1.54) is 0 Å². The number of fused-ring (bicyclic) bond motifs is 2. The molecule has 1 aromatic carbocycles. The molecule has 0 radical (unpaired) electrons. The molecule has 0 amide bonds.